The van der Waals surface area contributed by atoms with Crippen LogP contribution in [-0.2, 0) is 4.79 Å². The van der Waals surface area contributed by atoms with Crippen molar-refractivity contribution in [3.63, 3.8) is 0 Å². The molecule has 1 fully saturated rings. The number of nitrogen functional groups attached to an aromatic ring is 1. The number of aryl methyl sites for hydroxylation is 1. The summed E-state index contributed by atoms with van der Waals surface area (Å²) < 4.78 is 0. The smallest absolute Gasteiger partial charge is 0.230 e. The van der Waals surface area contributed by atoms with Crippen molar-refractivity contribution in [2.24, 2.45) is 5.92 Å². The van der Waals surface area contributed by atoms with Crippen LogP contribution in [0.1, 0.15) is 24.8 Å². The number of nitrogens with zero attached hydrogens (tertiary/aromatic N) is 1. The van der Waals surface area contributed by atoms with E-state index in [0.717, 1.165) is 42.7 Å². The highest BCUT2D eigenvalue weighted by Gasteiger charge is 2.29. The quantitative estimate of drug-likeness (QED) is 0.656. The Bertz CT molecular complexity index is 468. The minimum atomic E-state index is 0.0909. The summed E-state index contributed by atoms with van der Waals surface area (Å²) in [4.78, 5) is 14.3. The van der Waals surface area contributed by atoms with Crippen LogP contribution in [0, 0.1) is 12.8 Å². The van der Waals surface area contributed by atoms with Gasteiger partial charge >= 0.3 is 0 Å². The molecule has 0 saturated carbocycles. The molecule has 2 rings (SSSR count). The van der Waals surface area contributed by atoms with Crippen molar-refractivity contribution in [1.29, 1.82) is 0 Å². The first-order chi connectivity index (χ1) is 8.63. The van der Waals surface area contributed by atoms with Crippen molar-refractivity contribution in [1.82, 2.24) is 0 Å². The van der Waals surface area contributed by atoms with Gasteiger partial charge in [0, 0.05) is 23.8 Å². The summed E-state index contributed by atoms with van der Waals surface area (Å²) in [5.74, 6) is 0.308. The number of nitrogens with two attached hydrogens (primary N) is 1. The van der Waals surface area contributed by atoms with Crippen LogP contribution in [0.4, 0.5) is 11.4 Å². The summed E-state index contributed by atoms with van der Waals surface area (Å²) in [6.07, 6.45) is 4.62. The Balaban J connectivity index is 2.26. The molecular formula is C15H20N2O. The second-order valence-corrected chi connectivity index (χ2v) is 4.90. The lowest BCUT2D eigenvalue weighted by Crippen LogP contribution is -2.41. The van der Waals surface area contributed by atoms with E-state index < -0.39 is 0 Å². The highest BCUT2D eigenvalue weighted by molar-refractivity contribution is 5.96. The molecular weight excluding hydrogens is 224 g/mol. The van der Waals surface area contributed by atoms with Crippen LogP contribution < -0.4 is 10.6 Å². The van der Waals surface area contributed by atoms with Gasteiger partial charge in [0.15, 0.2) is 0 Å². The van der Waals surface area contributed by atoms with Crippen molar-refractivity contribution in [3.8, 4) is 0 Å². The molecule has 1 saturated heterocycles. The minimum absolute atomic E-state index is 0.0909. The molecule has 1 aromatic rings. The monoisotopic (exact) mass is 244 g/mol. The molecule has 96 valence electrons. The number of amides is 1. The van der Waals surface area contributed by atoms with Gasteiger partial charge in [-0.25, -0.2) is 0 Å². The third kappa shape index (κ3) is 2.40. The van der Waals surface area contributed by atoms with E-state index in [1.807, 2.05) is 36.1 Å². The summed E-state index contributed by atoms with van der Waals surface area (Å²) in [6, 6.07) is 5.71. The van der Waals surface area contributed by atoms with Crippen LogP contribution in [0.15, 0.2) is 30.9 Å². The highest BCUT2D eigenvalue weighted by atomic mass is 16.2. The molecule has 0 aliphatic carbocycles. The van der Waals surface area contributed by atoms with Gasteiger partial charge in [0.25, 0.3) is 0 Å². The average Bonchev–Trinajstić information content (AvgIpc) is 2.33. The Morgan fingerprint density at radius 3 is 3.00 bits per heavy atom. The van der Waals surface area contributed by atoms with Gasteiger partial charge in [0.05, 0.1) is 0 Å². The van der Waals surface area contributed by atoms with E-state index in [0.29, 0.717) is 0 Å². The van der Waals surface area contributed by atoms with Crippen LogP contribution in [0.25, 0.3) is 0 Å². The van der Waals surface area contributed by atoms with Gasteiger partial charge in [-0.05, 0) is 49.9 Å². The van der Waals surface area contributed by atoms with Gasteiger partial charge in [-0.15, -0.1) is 6.58 Å². The summed E-state index contributed by atoms with van der Waals surface area (Å²) in [7, 11) is 0. The number of piperidine rings is 1. The first-order valence-corrected chi connectivity index (χ1v) is 6.42. The standard InChI is InChI=1S/C15H20N2O/c1-3-5-12-6-4-9-17(15(12)18)14-8-7-13(16)10-11(14)2/h3,7-8,10,12H,1,4-6,9,16H2,2H3. The lowest BCUT2D eigenvalue weighted by molar-refractivity contribution is -0.123. The molecule has 0 radical (unpaired) electrons. The van der Waals surface area contributed by atoms with E-state index >= 15 is 0 Å². The number of allylic oxidation sites excluding steroid dienone is 1. The van der Waals surface area contributed by atoms with Gasteiger partial charge in [-0.2, -0.15) is 0 Å². The third-order valence-corrected chi connectivity index (χ3v) is 3.51. The van der Waals surface area contributed by atoms with E-state index in [1.54, 1.807) is 0 Å². The summed E-state index contributed by atoms with van der Waals surface area (Å²) in [5, 5.41) is 0. The third-order valence-electron chi connectivity index (χ3n) is 3.51. The van der Waals surface area contributed by atoms with Gasteiger partial charge in [-0.3, -0.25) is 4.79 Å². The maximum atomic E-state index is 12.4. The lowest BCUT2D eigenvalue weighted by atomic mass is 9.93. The predicted molar refractivity (Wildman–Crippen MR) is 75.5 cm³/mol. The van der Waals surface area contributed by atoms with E-state index in [4.69, 9.17) is 5.73 Å². The largest absolute Gasteiger partial charge is 0.399 e. The fraction of sp³-hybridized carbons (Fsp3) is 0.400. The first kappa shape index (κ1) is 12.7. The van der Waals surface area contributed by atoms with Crippen molar-refractivity contribution >= 4 is 17.3 Å². The van der Waals surface area contributed by atoms with Crippen LogP contribution in [0.3, 0.4) is 0 Å². The van der Waals surface area contributed by atoms with Crippen molar-refractivity contribution in [3.05, 3.63) is 36.4 Å². The Hall–Kier alpha value is -1.77. The molecule has 1 heterocycles. The van der Waals surface area contributed by atoms with Crippen LogP contribution in [-0.4, -0.2) is 12.5 Å². The van der Waals surface area contributed by atoms with Crippen LogP contribution in [0.5, 0.6) is 0 Å². The Morgan fingerprint density at radius 2 is 2.33 bits per heavy atom. The topological polar surface area (TPSA) is 46.3 Å². The average molecular weight is 244 g/mol. The maximum Gasteiger partial charge on any atom is 0.230 e. The molecule has 1 aliphatic rings. The lowest BCUT2D eigenvalue weighted by Gasteiger charge is -2.33. The van der Waals surface area contributed by atoms with Gasteiger partial charge in [0.1, 0.15) is 0 Å². The number of hydrogen-bond acceptors (Lipinski definition) is 2. The Kier molecular flexibility index (Phi) is 3.70. The van der Waals surface area contributed by atoms with E-state index in [1.165, 1.54) is 0 Å². The van der Waals surface area contributed by atoms with Gasteiger partial charge < -0.3 is 10.6 Å². The molecule has 3 heteroatoms. The molecule has 0 spiro atoms. The van der Waals surface area contributed by atoms with Gasteiger partial charge in [-0.1, -0.05) is 6.08 Å². The number of hydrogen-bond donors (Lipinski definition) is 1. The molecule has 1 atom stereocenters. The van der Waals surface area contributed by atoms with Crippen LogP contribution in [0.2, 0.25) is 0 Å². The van der Waals surface area contributed by atoms with Crippen molar-refractivity contribution < 1.29 is 4.79 Å². The Labute approximate surface area is 108 Å². The van der Waals surface area contributed by atoms with E-state index in [9.17, 15) is 4.79 Å². The first-order valence-electron chi connectivity index (χ1n) is 6.42. The zero-order valence-corrected chi connectivity index (χ0v) is 10.9. The molecule has 0 bridgehead atoms. The molecule has 1 unspecified atom stereocenters. The number of benzene rings is 1. The molecule has 3 nitrogen and oxygen atoms in total. The molecule has 18 heavy (non-hydrogen) atoms. The fourth-order valence-electron chi connectivity index (χ4n) is 2.59. The zero-order valence-electron chi connectivity index (χ0n) is 10.9. The minimum Gasteiger partial charge on any atom is -0.399 e. The molecule has 2 N–H and O–H groups in total. The predicted octanol–water partition coefficient (Wildman–Crippen LogP) is 2.90. The number of carbonyl (C=O) groups excluding carboxylic acids is 1. The van der Waals surface area contributed by atoms with Crippen LogP contribution >= 0.6 is 0 Å². The number of rotatable bonds is 3. The maximum absolute atomic E-state index is 12.4. The molecule has 0 aromatic heterocycles. The van der Waals surface area contributed by atoms with Gasteiger partial charge in [0.2, 0.25) is 5.91 Å². The van der Waals surface area contributed by atoms with Crippen molar-refractivity contribution in [2.45, 2.75) is 26.2 Å². The number of carbonyl (C=O) groups is 1. The SMILES string of the molecule is C=CCC1CCCN(c2ccc(N)cc2C)C1=O. The second-order valence-electron chi connectivity index (χ2n) is 4.90. The Morgan fingerprint density at radius 1 is 1.56 bits per heavy atom. The molecule has 1 amide bonds. The van der Waals surface area contributed by atoms with E-state index in [2.05, 4.69) is 6.58 Å². The molecule has 1 aromatic carbocycles. The fourth-order valence-corrected chi connectivity index (χ4v) is 2.59. The summed E-state index contributed by atoms with van der Waals surface area (Å²) in [6.45, 7) is 6.53. The van der Waals surface area contributed by atoms with Crippen molar-refractivity contribution in [2.75, 3.05) is 17.2 Å². The summed E-state index contributed by atoms with van der Waals surface area (Å²) in [5.41, 5.74) is 8.54. The zero-order chi connectivity index (χ0) is 13.1. The summed E-state index contributed by atoms with van der Waals surface area (Å²) >= 11 is 0. The second kappa shape index (κ2) is 5.25. The van der Waals surface area contributed by atoms with E-state index in [-0.39, 0.29) is 11.8 Å². The normalized spacial score (nSPS) is 19.9. The highest BCUT2D eigenvalue weighted by Crippen LogP contribution is 2.29. The molecule has 1 aliphatic heterocycles. The number of anilines is 2.